The molecule has 0 spiro atoms. The van der Waals surface area contributed by atoms with Gasteiger partial charge in [0.15, 0.2) is 0 Å². The van der Waals surface area contributed by atoms with Crippen molar-refractivity contribution in [2.75, 3.05) is 0 Å². The van der Waals surface area contributed by atoms with Crippen LogP contribution in [0.1, 0.15) is 6.92 Å². The molecular formula is C3H4NO2. The molecule has 3 nitrogen and oxygen atoms in total. The first-order chi connectivity index (χ1) is 2.77. The van der Waals surface area contributed by atoms with Gasteiger partial charge in [-0.15, -0.1) is 0 Å². The van der Waals surface area contributed by atoms with Gasteiger partial charge in [0.1, 0.15) is 0 Å². The van der Waals surface area contributed by atoms with Crippen LogP contribution >= 0.6 is 0 Å². The van der Waals surface area contributed by atoms with E-state index < -0.39 is 5.97 Å². The molecule has 0 bridgehead atoms. The number of hydrogen-bond acceptors (Lipinski definition) is 3. The zero-order valence-corrected chi connectivity index (χ0v) is 3.34. The molecule has 6 heavy (non-hydrogen) atoms. The summed E-state index contributed by atoms with van der Waals surface area (Å²) in [5, 5.41) is 2.59. The Bertz CT molecular complexity index is 69.2. The molecule has 0 aliphatic heterocycles. The molecule has 0 saturated carbocycles. The lowest BCUT2D eigenvalue weighted by atomic mass is 10.8. The van der Waals surface area contributed by atoms with Crippen LogP contribution in [0.25, 0.3) is 0 Å². The Hall–Kier alpha value is -0.860. The average molecular weight is 86.1 g/mol. The molecule has 0 aliphatic rings. The maximum atomic E-state index is 9.65. The van der Waals surface area contributed by atoms with Crippen molar-refractivity contribution in [3.8, 4) is 0 Å². The smallest absolute Gasteiger partial charge is 0.319 e. The molecule has 0 aromatic rings. The number of carbonyl (C=O) groups excluding carboxylic acids is 1. The summed E-state index contributed by atoms with van der Waals surface area (Å²) >= 11 is 0. The molecule has 0 amide bonds. The van der Waals surface area contributed by atoms with Crippen molar-refractivity contribution in [2.45, 2.75) is 6.92 Å². The van der Waals surface area contributed by atoms with E-state index in [9.17, 15) is 4.79 Å². The van der Waals surface area contributed by atoms with E-state index in [4.69, 9.17) is 0 Å². The zero-order valence-electron chi connectivity index (χ0n) is 3.34. The van der Waals surface area contributed by atoms with Gasteiger partial charge >= 0.3 is 5.97 Å². The lowest BCUT2D eigenvalue weighted by molar-refractivity contribution is -0.140. The highest BCUT2D eigenvalue weighted by atomic mass is 16.7. The summed E-state index contributed by atoms with van der Waals surface area (Å²) in [6, 6.07) is 0. The molecule has 0 rings (SSSR count). The molecule has 0 aliphatic carbocycles. The van der Waals surface area contributed by atoms with E-state index in [0.717, 1.165) is 0 Å². The number of hydrogen-bond donors (Lipinski definition) is 0. The number of nitrogens with zero attached hydrogens (tertiary/aromatic N) is 1. The maximum Gasteiger partial charge on any atom is 0.331 e. The molecule has 0 aromatic carbocycles. The zero-order chi connectivity index (χ0) is 4.99. The van der Waals surface area contributed by atoms with Crippen LogP contribution in [-0.4, -0.2) is 12.7 Å². The molecule has 1 radical (unpaired) electrons. The first-order valence-electron chi connectivity index (χ1n) is 1.35. The Kier molecular flexibility index (Phi) is 2.04. The van der Waals surface area contributed by atoms with Gasteiger partial charge in [0, 0.05) is 6.92 Å². The molecule has 0 aromatic heterocycles. The molecule has 3 heteroatoms. The van der Waals surface area contributed by atoms with Crippen molar-refractivity contribution in [3.63, 3.8) is 0 Å². The van der Waals surface area contributed by atoms with Crippen molar-refractivity contribution in [1.29, 1.82) is 0 Å². The minimum absolute atomic E-state index is 0.502. The van der Waals surface area contributed by atoms with Crippen molar-refractivity contribution < 1.29 is 9.63 Å². The van der Waals surface area contributed by atoms with Crippen LogP contribution < -0.4 is 0 Å². The Morgan fingerprint density at radius 1 is 2.00 bits per heavy atom. The predicted molar refractivity (Wildman–Crippen MR) is 20.3 cm³/mol. The van der Waals surface area contributed by atoms with Crippen molar-refractivity contribution >= 4 is 12.7 Å². The predicted octanol–water partition coefficient (Wildman–Crippen LogP) is 0.0421. The van der Waals surface area contributed by atoms with Gasteiger partial charge in [-0.1, -0.05) is 5.16 Å². The summed E-state index contributed by atoms with van der Waals surface area (Å²) in [5.41, 5.74) is 0. The topological polar surface area (TPSA) is 38.7 Å². The lowest BCUT2D eigenvalue weighted by Crippen LogP contribution is -1.87. The Labute approximate surface area is 35.6 Å². The van der Waals surface area contributed by atoms with Gasteiger partial charge < -0.3 is 4.84 Å². The molecule has 0 heterocycles. The van der Waals surface area contributed by atoms with Crippen molar-refractivity contribution in [3.05, 3.63) is 0 Å². The van der Waals surface area contributed by atoms with E-state index in [1.807, 2.05) is 0 Å². The van der Waals surface area contributed by atoms with E-state index in [1.54, 1.807) is 0 Å². The molecule has 0 fully saturated rings. The average Bonchev–Trinajstić information content (AvgIpc) is 1.35. The van der Waals surface area contributed by atoms with Gasteiger partial charge in [0.05, 0.1) is 6.72 Å². The van der Waals surface area contributed by atoms with Crippen LogP contribution in [0, 0.1) is 0 Å². The normalized spacial score (nSPS) is 6.83. The molecule has 0 unspecified atom stereocenters. The minimum Gasteiger partial charge on any atom is -0.319 e. The van der Waals surface area contributed by atoms with Gasteiger partial charge in [-0.05, 0) is 0 Å². The van der Waals surface area contributed by atoms with Crippen molar-refractivity contribution in [1.82, 2.24) is 0 Å². The second-order valence-corrected chi connectivity index (χ2v) is 0.688. The third-order valence-corrected chi connectivity index (χ3v) is 0.181. The third kappa shape index (κ3) is 3.14. The SMILES string of the molecule is [CH]=NOC(C)=O. The summed E-state index contributed by atoms with van der Waals surface area (Å²) < 4.78 is 0. The van der Waals surface area contributed by atoms with Gasteiger partial charge in [0.25, 0.3) is 0 Å². The molecule has 33 valence electrons. The van der Waals surface area contributed by atoms with Crippen LogP contribution in [0.4, 0.5) is 0 Å². The van der Waals surface area contributed by atoms with Crippen molar-refractivity contribution in [2.24, 2.45) is 5.16 Å². The molecule has 0 atom stereocenters. The van der Waals surface area contributed by atoms with Crippen LogP contribution in [-0.2, 0) is 9.63 Å². The lowest BCUT2D eigenvalue weighted by Gasteiger charge is -1.80. The van der Waals surface area contributed by atoms with Crippen LogP contribution in [0.3, 0.4) is 0 Å². The minimum atomic E-state index is -0.502. The summed E-state index contributed by atoms with van der Waals surface area (Å²) in [4.78, 5) is 13.5. The summed E-state index contributed by atoms with van der Waals surface area (Å²) in [5.74, 6) is -0.502. The van der Waals surface area contributed by atoms with E-state index in [1.165, 1.54) is 6.92 Å². The van der Waals surface area contributed by atoms with Gasteiger partial charge in [-0.25, -0.2) is 4.79 Å². The highest BCUT2D eigenvalue weighted by Gasteiger charge is 1.81. The van der Waals surface area contributed by atoms with Gasteiger partial charge in [-0.2, -0.15) is 0 Å². The molecular weight excluding hydrogens is 82.0 g/mol. The van der Waals surface area contributed by atoms with Crippen LogP contribution in [0.15, 0.2) is 5.16 Å². The fourth-order valence-electron chi connectivity index (χ4n) is 0.0742. The first kappa shape index (κ1) is 5.14. The van der Waals surface area contributed by atoms with Gasteiger partial charge in [-0.3, -0.25) is 0 Å². The highest BCUT2D eigenvalue weighted by Crippen LogP contribution is 1.69. The summed E-state index contributed by atoms with van der Waals surface area (Å²) in [7, 11) is 0. The quantitative estimate of drug-likeness (QED) is 0.257. The van der Waals surface area contributed by atoms with Crippen LogP contribution in [0.2, 0.25) is 0 Å². The standard InChI is InChI=1S/C3H4NO2/c1-3(5)6-4-2/h2H,1H3. The molecule has 0 N–H and O–H groups in total. The third-order valence-electron chi connectivity index (χ3n) is 0.181. The fraction of sp³-hybridized carbons (Fsp3) is 0.333. The summed E-state index contributed by atoms with van der Waals surface area (Å²) in [6.07, 6.45) is 0. The highest BCUT2D eigenvalue weighted by molar-refractivity contribution is 5.65. The monoisotopic (exact) mass is 86.0 g/mol. The Balaban J connectivity index is 3.05. The van der Waals surface area contributed by atoms with Gasteiger partial charge in [0.2, 0.25) is 0 Å². The first-order valence-corrected chi connectivity index (χ1v) is 1.35. The van der Waals surface area contributed by atoms with E-state index in [2.05, 4.69) is 16.7 Å². The number of rotatable bonds is 1. The Morgan fingerprint density at radius 3 is 2.50 bits per heavy atom. The Morgan fingerprint density at radius 2 is 2.50 bits per heavy atom. The molecule has 0 saturated heterocycles. The van der Waals surface area contributed by atoms with Crippen LogP contribution in [0.5, 0.6) is 0 Å². The maximum absolute atomic E-state index is 9.65. The second-order valence-electron chi connectivity index (χ2n) is 0.688. The fourth-order valence-corrected chi connectivity index (χ4v) is 0.0742. The van der Waals surface area contributed by atoms with E-state index in [0.29, 0.717) is 0 Å². The van der Waals surface area contributed by atoms with E-state index in [-0.39, 0.29) is 0 Å². The largest absolute Gasteiger partial charge is 0.331 e. The number of carbonyl (C=O) groups is 1. The second kappa shape index (κ2) is 2.38. The van der Waals surface area contributed by atoms with E-state index >= 15 is 0 Å². The summed E-state index contributed by atoms with van der Waals surface area (Å²) in [6.45, 7) is 5.63.